The van der Waals surface area contributed by atoms with Gasteiger partial charge in [-0.2, -0.15) is 0 Å². The normalized spacial score (nSPS) is 29.3. The molecule has 0 amide bonds. The van der Waals surface area contributed by atoms with Crippen molar-refractivity contribution in [3.63, 3.8) is 0 Å². The van der Waals surface area contributed by atoms with Gasteiger partial charge in [-0.1, -0.05) is 24.3 Å². The Bertz CT molecular complexity index is 1100. The zero-order valence-electron chi connectivity index (χ0n) is 17.0. The van der Waals surface area contributed by atoms with Crippen LogP contribution in [-0.2, 0) is 5.41 Å². The summed E-state index contributed by atoms with van der Waals surface area (Å²) < 4.78 is 5.63. The summed E-state index contributed by atoms with van der Waals surface area (Å²) in [6.07, 6.45) is 7.77. The highest BCUT2D eigenvalue weighted by Gasteiger charge is 2.52. The second-order valence-corrected chi connectivity index (χ2v) is 9.83. The molecule has 0 aromatic heterocycles. The van der Waals surface area contributed by atoms with Crippen molar-refractivity contribution >= 4 is 16.7 Å². The number of esters is 1. The summed E-state index contributed by atoms with van der Waals surface area (Å²) in [7, 11) is 0. The molecule has 1 N–H and O–H groups in total. The Morgan fingerprint density at radius 3 is 2.17 bits per heavy atom. The third kappa shape index (κ3) is 2.91. The van der Waals surface area contributed by atoms with Crippen LogP contribution in [0.25, 0.3) is 10.8 Å². The summed E-state index contributed by atoms with van der Waals surface area (Å²) in [5.41, 5.74) is 1.78. The van der Waals surface area contributed by atoms with Crippen molar-refractivity contribution in [3.05, 3.63) is 71.8 Å². The summed E-state index contributed by atoms with van der Waals surface area (Å²) in [5, 5.41) is 12.9. The van der Waals surface area contributed by atoms with Gasteiger partial charge in [-0.25, -0.2) is 4.79 Å². The van der Waals surface area contributed by atoms with E-state index in [1.807, 2.05) is 36.4 Å². The lowest BCUT2D eigenvalue weighted by atomic mass is 9.48. The minimum absolute atomic E-state index is 0.129. The second kappa shape index (κ2) is 6.60. The standard InChI is InChI=1S/C27H26O3/c28-25-13-21-6-7-23(30-26(29)20-4-2-1-3-5-20)11-22(21)12-24(25)27-14-17-8-18(15-27)10-19(9-17)16-27/h1-7,11-13,17-19,28H,8-10,14-16H2. The molecule has 4 fully saturated rings. The SMILES string of the molecule is O=C(Oc1ccc2cc(O)c(C34CC5CC(CC(C5)C3)C4)cc2c1)c1ccccc1. The van der Waals surface area contributed by atoms with Gasteiger partial charge in [0, 0.05) is 5.56 Å². The largest absolute Gasteiger partial charge is 0.508 e. The molecular formula is C27H26O3. The first kappa shape index (κ1) is 18.0. The second-order valence-electron chi connectivity index (χ2n) is 9.83. The van der Waals surface area contributed by atoms with E-state index < -0.39 is 0 Å². The predicted octanol–water partition coefficient (Wildman–Crippen LogP) is 6.23. The van der Waals surface area contributed by atoms with Crippen molar-refractivity contribution in [1.29, 1.82) is 0 Å². The van der Waals surface area contributed by atoms with Crippen molar-refractivity contribution in [2.75, 3.05) is 0 Å². The number of carbonyl (C=O) groups is 1. The number of aromatic hydroxyl groups is 1. The molecule has 4 aliphatic rings. The Morgan fingerprint density at radius 2 is 1.50 bits per heavy atom. The van der Waals surface area contributed by atoms with Crippen molar-refractivity contribution in [2.45, 2.75) is 43.9 Å². The monoisotopic (exact) mass is 398 g/mol. The van der Waals surface area contributed by atoms with Crippen LogP contribution in [0.15, 0.2) is 60.7 Å². The van der Waals surface area contributed by atoms with Gasteiger partial charge in [0.2, 0.25) is 0 Å². The molecule has 0 unspecified atom stereocenters. The zero-order valence-corrected chi connectivity index (χ0v) is 17.0. The quantitative estimate of drug-likeness (QED) is 0.420. The number of phenols is 1. The van der Waals surface area contributed by atoms with E-state index in [9.17, 15) is 9.90 Å². The van der Waals surface area contributed by atoms with Crippen LogP contribution in [-0.4, -0.2) is 11.1 Å². The van der Waals surface area contributed by atoms with Crippen LogP contribution in [0.2, 0.25) is 0 Å². The smallest absolute Gasteiger partial charge is 0.343 e. The third-order valence-electron chi connectivity index (χ3n) is 7.76. The Morgan fingerprint density at radius 1 is 0.833 bits per heavy atom. The topological polar surface area (TPSA) is 46.5 Å². The maximum atomic E-state index is 12.4. The summed E-state index contributed by atoms with van der Waals surface area (Å²) >= 11 is 0. The van der Waals surface area contributed by atoms with Gasteiger partial charge in [-0.3, -0.25) is 0 Å². The van der Waals surface area contributed by atoms with Crippen molar-refractivity contribution < 1.29 is 14.6 Å². The fourth-order valence-corrected chi connectivity index (χ4v) is 6.93. The maximum absolute atomic E-state index is 12.4. The number of ether oxygens (including phenoxy) is 1. The molecule has 3 nitrogen and oxygen atoms in total. The Hall–Kier alpha value is -2.81. The Kier molecular flexibility index (Phi) is 3.96. The lowest BCUT2D eigenvalue weighted by Crippen LogP contribution is -2.48. The van der Waals surface area contributed by atoms with E-state index in [-0.39, 0.29) is 11.4 Å². The van der Waals surface area contributed by atoms with Crippen molar-refractivity contribution in [2.24, 2.45) is 17.8 Å². The number of hydrogen-bond donors (Lipinski definition) is 1. The first-order valence-corrected chi connectivity index (χ1v) is 11.1. The van der Waals surface area contributed by atoms with Gasteiger partial charge < -0.3 is 9.84 Å². The molecule has 152 valence electrons. The highest BCUT2D eigenvalue weighted by Crippen LogP contribution is 2.62. The lowest BCUT2D eigenvalue weighted by Gasteiger charge is -2.57. The Balaban J connectivity index is 1.36. The van der Waals surface area contributed by atoms with E-state index >= 15 is 0 Å². The van der Waals surface area contributed by atoms with Crippen LogP contribution in [0.4, 0.5) is 0 Å². The molecule has 7 rings (SSSR count). The van der Waals surface area contributed by atoms with Gasteiger partial charge in [0.1, 0.15) is 11.5 Å². The predicted molar refractivity (Wildman–Crippen MR) is 117 cm³/mol. The van der Waals surface area contributed by atoms with E-state index in [0.29, 0.717) is 17.1 Å². The van der Waals surface area contributed by atoms with Crippen LogP contribution < -0.4 is 4.74 Å². The summed E-state index contributed by atoms with van der Waals surface area (Å²) in [4.78, 5) is 12.4. The minimum atomic E-state index is -0.352. The molecule has 3 aromatic rings. The average molecular weight is 399 g/mol. The van der Waals surface area contributed by atoms with Gasteiger partial charge in [-0.15, -0.1) is 0 Å². The fraction of sp³-hybridized carbons (Fsp3) is 0.370. The number of hydrogen-bond acceptors (Lipinski definition) is 3. The van der Waals surface area contributed by atoms with Crippen LogP contribution >= 0.6 is 0 Å². The molecule has 3 heteroatoms. The molecule has 0 heterocycles. The number of carbonyl (C=O) groups excluding carboxylic acids is 1. The summed E-state index contributed by atoms with van der Waals surface area (Å²) in [6.45, 7) is 0. The highest BCUT2D eigenvalue weighted by molar-refractivity contribution is 5.92. The number of benzene rings is 3. The molecule has 30 heavy (non-hydrogen) atoms. The van der Waals surface area contributed by atoms with Crippen LogP contribution in [0, 0.1) is 17.8 Å². The minimum Gasteiger partial charge on any atom is -0.508 e. The first-order chi connectivity index (χ1) is 14.6. The van der Waals surface area contributed by atoms with Gasteiger partial charge in [0.05, 0.1) is 5.56 Å². The average Bonchev–Trinajstić information content (AvgIpc) is 2.73. The van der Waals surface area contributed by atoms with E-state index in [1.54, 1.807) is 18.2 Å². The highest BCUT2D eigenvalue weighted by atomic mass is 16.5. The van der Waals surface area contributed by atoms with Gasteiger partial charge in [-0.05, 0) is 109 Å². The van der Waals surface area contributed by atoms with Crippen LogP contribution in [0.1, 0.15) is 54.4 Å². The van der Waals surface area contributed by atoms with Crippen LogP contribution in [0.3, 0.4) is 0 Å². The third-order valence-corrected chi connectivity index (χ3v) is 7.76. The molecule has 0 spiro atoms. The van der Waals surface area contributed by atoms with E-state index in [0.717, 1.165) is 34.1 Å². The van der Waals surface area contributed by atoms with Crippen LogP contribution in [0.5, 0.6) is 11.5 Å². The molecule has 4 aliphatic carbocycles. The molecule has 3 aromatic carbocycles. The number of phenolic OH excluding ortho intramolecular Hbond substituents is 1. The molecular weight excluding hydrogens is 372 g/mol. The van der Waals surface area contributed by atoms with Gasteiger partial charge in [0.15, 0.2) is 0 Å². The molecule has 4 saturated carbocycles. The summed E-state index contributed by atoms with van der Waals surface area (Å²) in [6, 6.07) is 18.8. The molecule has 0 saturated heterocycles. The maximum Gasteiger partial charge on any atom is 0.343 e. The van der Waals surface area contributed by atoms with E-state index in [1.165, 1.54) is 38.5 Å². The van der Waals surface area contributed by atoms with E-state index in [4.69, 9.17) is 4.74 Å². The molecule has 0 aliphatic heterocycles. The van der Waals surface area contributed by atoms with Gasteiger partial charge >= 0.3 is 5.97 Å². The zero-order chi connectivity index (χ0) is 20.3. The number of rotatable bonds is 3. The van der Waals surface area contributed by atoms with Crippen molar-refractivity contribution in [3.8, 4) is 11.5 Å². The Labute approximate surface area is 176 Å². The lowest BCUT2D eigenvalue weighted by molar-refractivity contribution is -0.00606. The summed E-state index contributed by atoms with van der Waals surface area (Å²) in [5.74, 6) is 3.09. The van der Waals surface area contributed by atoms with E-state index in [2.05, 4.69) is 6.07 Å². The molecule has 4 bridgehead atoms. The first-order valence-electron chi connectivity index (χ1n) is 11.1. The van der Waals surface area contributed by atoms with Crippen molar-refractivity contribution in [1.82, 2.24) is 0 Å². The van der Waals surface area contributed by atoms with Gasteiger partial charge in [0.25, 0.3) is 0 Å². The number of fused-ring (bicyclic) bond motifs is 1. The molecule has 0 atom stereocenters. The fourth-order valence-electron chi connectivity index (χ4n) is 6.93. The molecule has 0 radical (unpaired) electrons.